The van der Waals surface area contributed by atoms with Gasteiger partial charge in [-0.05, 0) is 27.8 Å². The van der Waals surface area contributed by atoms with Crippen molar-refractivity contribution in [3.05, 3.63) is 10.8 Å². The van der Waals surface area contributed by atoms with Gasteiger partial charge in [0, 0.05) is 6.54 Å². The first kappa shape index (κ1) is 12.2. The smallest absolute Gasteiger partial charge is 0.145 e. The number of hydrogen-bond donors (Lipinski definition) is 2. The monoisotopic (exact) mass is 272 g/mol. The molecule has 1 rings (SSSR count). The summed E-state index contributed by atoms with van der Waals surface area (Å²) >= 11 is 3.35. The molecule has 15 heavy (non-hydrogen) atoms. The minimum Gasteiger partial charge on any atom is -0.383 e. The van der Waals surface area contributed by atoms with E-state index in [1.807, 2.05) is 0 Å². The van der Waals surface area contributed by atoms with E-state index in [4.69, 9.17) is 5.73 Å². The summed E-state index contributed by atoms with van der Waals surface area (Å²) in [6.07, 6.45) is 1.46. The SMILES string of the molecule is CC(C)C(C)CNc1ncnc(N)c1Br. The molecule has 0 aliphatic rings. The number of nitrogens with two attached hydrogens (primary N) is 1. The van der Waals surface area contributed by atoms with Gasteiger partial charge < -0.3 is 11.1 Å². The molecule has 0 aliphatic carbocycles. The van der Waals surface area contributed by atoms with Crippen LogP contribution in [0.15, 0.2) is 10.8 Å². The normalized spacial score (nSPS) is 12.9. The van der Waals surface area contributed by atoms with E-state index in [-0.39, 0.29) is 0 Å². The zero-order valence-electron chi connectivity index (χ0n) is 9.29. The van der Waals surface area contributed by atoms with Crippen LogP contribution >= 0.6 is 15.9 Å². The molecule has 0 saturated heterocycles. The van der Waals surface area contributed by atoms with Crippen molar-refractivity contribution >= 4 is 27.6 Å². The van der Waals surface area contributed by atoms with Crippen molar-refractivity contribution < 1.29 is 0 Å². The molecule has 0 fully saturated rings. The van der Waals surface area contributed by atoms with E-state index in [0.29, 0.717) is 17.7 Å². The van der Waals surface area contributed by atoms with Crippen LogP contribution in [0.1, 0.15) is 20.8 Å². The number of anilines is 2. The van der Waals surface area contributed by atoms with E-state index in [1.54, 1.807) is 0 Å². The van der Waals surface area contributed by atoms with Crippen LogP contribution < -0.4 is 11.1 Å². The highest BCUT2D eigenvalue weighted by Crippen LogP contribution is 2.24. The van der Waals surface area contributed by atoms with Gasteiger partial charge in [0.15, 0.2) is 0 Å². The molecule has 84 valence electrons. The molecule has 1 atom stereocenters. The Morgan fingerprint density at radius 2 is 2.07 bits per heavy atom. The van der Waals surface area contributed by atoms with Crippen molar-refractivity contribution in [1.29, 1.82) is 0 Å². The molecule has 0 spiro atoms. The number of nitrogens with one attached hydrogen (secondary N) is 1. The first-order valence-corrected chi connectivity index (χ1v) is 5.81. The van der Waals surface area contributed by atoms with Crippen molar-refractivity contribution in [2.75, 3.05) is 17.6 Å². The topological polar surface area (TPSA) is 63.8 Å². The number of nitrogens with zero attached hydrogens (tertiary/aromatic N) is 2. The maximum Gasteiger partial charge on any atom is 0.145 e. The predicted octanol–water partition coefficient (Wildman–Crippen LogP) is 2.53. The van der Waals surface area contributed by atoms with Gasteiger partial charge in [-0.3, -0.25) is 0 Å². The highest BCUT2D eigenvalue weighted by atomic mass is 79.9. The second kappa shape index (κ2) is 5.30. The van der Waals surface area contributed by atoms with Gasteiger partial charge in [0.1, 0.15) is 22.4 Å². The number of hydrogen-bond acceptors (Lipinski definition) is 4. The lowest BCUT2D eigenvalue weighted by molar-refractivity contribution is 0.439. The minimum absolute atomic E-state index is 0.463. The molecule has 1 aromatic rings. The Bertz CT molecular complexity index is 327. The van der Waals surface area contributed by atoms with Crippen LogP contribution in [-0.2, 0) is 0 Å². The average Bonchev–Trinajstić information content (AvgIpc) is 2.19. The fourth-order valence-electron chi connectivity index (χ4n) is 1.00. The fraction of sp³-hybridized carbons (Fsp3) is 0.600. The molecule has 4 nitrogen and oxygen atoms in total. The van der Waals surface area contributed by atoms with Crippen LogP contribution in [0.4, 0.5) is 11.6 Å². The van der Waals surface area contributed by atoms with Crippen LogP contribution in [0, 0.1) is 11.8 Å². The third-order valence-electron chi connectivity index (χ3n) is 2.55. The molecule has 0 bridgehead atoms. The molecular formula is C10H17BrN4. The predicted molar refractivity (Wildman–Crippen MR) is 66.6 cm³/mol. The lowest BCUT2D eigenvalue weighted by atomic mass is 9.98. The Balaban J connectivity index is 2.62. The second-order valence-corrected chi connectivity index (χ2v) is 4.82. The quantitative estimate of drug-likeness (QED) is 0.884. The summed E-state index contributed by atoms with van der Waals surface area (Å²) in [5.41, 5.74) is 5.65. The molecule has 0 radical (unpaired) electrons. The van der Waals surface area contributed by atoms with Crippen LogP contribution in [0.3, 0.4) is 0 Å². The van der Waals surface area contributed by atoms with Crippen LogP contribution in [0.2, 0.25) is 0 Å². The lowest BCUT2D eigenvalue weighted by Crippen LogP contribution is -2.17. The summed E-state index contributed by atoms with van der Waals surface area (Å²) < 4.78 is 0.737. The van der Waals surface area contributed by atoms with E-state index < -0.39 is 0 Å². The minimum atomic E-state index is 0.463. The van der Waals surface area contributed by atoms with E-state index in [1.165, 1.54) is 6.33 Å². The standard InChI is InChI=1S/C10H17BrN4/c1-6(2)7(3)4-13-10-8(11)9(12)14-5-15-10/h5-7H,4H2,1-3H3,(H3,12,13,14,15). The third-order valence-corrected chi connectivity index (χ3v) is 3.33. The zero-order chi connectivity index (χ0) is 11.4. The molecule has 0 saturated carbocycles. The summed E-state index contributed by atoms with van der Waals surface area (Å²) in [5.74, 6) is 2.46. The Morgan fingerprint density at radius 3 is 2.67 bits per heavy atom. The number of aromatic nitrogens is 2. The Kier molecular flexibility index (Phi) is 4.32. The molecule has 5 heteroatoms. The van der Waals surface area contributed by atoms with Crippen molar-refractivity contribution in [1.82, 2.24) is 9.97 Å². The largest absolute Gasteiger partial charge is 0.383 e. The third kappa shape index (κ3) is 3.34. The van der Waals surface area contributed by atoms with Crippen molar-refractivity contribution in [3.63, 3.8) is 0 Å². The van der Waals surface area contributed by atoms with E-state index in [0.717, 1.165) is 16.8 Å². The number of halogens is 1. The molecule has 3 N–H and O–H groups in total. The molecule has 0 aromatic carbocycles. The average molecular weight is 273 g/mol. The highest BCUT2D eigenvalue weighted by Gasteiger charge is 2.09. The maximum absolute atomic E-state index is 5.65. The molecule has 1 unspecified atom stereocenters. The second-order valence-electron chi connectivity index (χ2n) is 4.02. The van der Waals surface area contributed by atoms with Crippen molar-refractivity contribution in [2.24, 2.45) is 11.8 Å². The van der Waals surface area contributed by atoms with Gasteiger partial charge >= 0.3 is 0 Å². The summed E-state index contributed by atoms with van der Waals surface area (Å²) in [6, 6.07) is 0. The van der Waals surface area contributed by atoms with Gasteiger partial charge in [0.25, 0.3) is 0 Å². The zero-order valence-corrected chi connectivity index (χ0v) is 10.9. The molecule has 0 aliphatic heterocycles. The van der Waals surface area contributed by atoms with Gasteiger partial charge in [0.05, 0.1) is 0 Å². The van der Waals surface area contributed by atoms with Crippen molar-refractivity contribution in [3.8, 4) is 0 Å². The fourth-order valence-corrected chi connectivity index (χ4v) is 1.35. The molecule has 1 heterocycles. The maximum atomic E-state index is 5.65. The summed E-state index contributed by atoms with van der Waals surface area (Å²) in [6.45, 7) is 7.49. The van der Waals surface area contributed by atoms with Crippen LogP contribution in [-0.4, -0.2) is 16.5 Å². The van der Waals surface area contributed by atoms with Gasteiger partial charge in [-0.25, -0.2) is 9.97 Å². The molecule has 0 amide bonds. The number of nitrogen functional groups attached to an aromatic ring is 1. The first-order chi connectivity index (χ1) is 7.02. The Hall–Kier alpha value is -0.840. The van der Waals surface area contributed by atoms with E-state index >= 15 is 0 Å². The summed E-state index contributed by atoms with van der Waals surface area (Å²) in [4.78, 5) is 8.00. The summed E-state index contributed by atoms with van der Waals surface area (Å²) in [7, 11) is 0. The van der Waals surface area contributed by atoms with Crippen LogP contribution in [0.5, 0.6) is 0 Å². The Labute approximate surface area is 98.8 Å². The van der Waals surface area contributed by atoms with Crippen molar-refractivity contribution in [2.45, 2.75) is 20.8 Å². The highest BCUT2D eigenvalue weighted by molar-refractivity contribution is 9.10. The lowest BCUT2D eigenvalue weighted by Gasteiger charge is -2.17. The molecular weight excluding hydrogens is 256 g/mol. The van der Waals surface area contributed by atoms with E-state index in [2.05, 4.69) is 52.0 Å². The first-order valence-electron chi connectivity index (χ1n) is 5.02. The van der Waals surface area contributed by atoms with Gasteiger partial charge in [-0.2, -0.15) is 0 Å². The van der Waals surface area contributed by atoms with Gasteiger partial charge in [-0.15, -0.1) is 0 Å². The van der Waals surface area contributed by atoms with Gasteiger partial charge in [0.2, 0.25) is 0 Å². The molecule has 1 aromatic heterocycles. The Morgan fingerprint density at radius 1 is 1.40 bits per heavy atom. The van der Waals surface area contributed by atoms with Gasteiger partial charge in [-0.1, -0.05) is 20.8 Å². The van der Waals surface area contributed by atoms with E-state index in [9.17, 15) is 0 Å². The van der Waals surface area contributed by atoms with Crippen LogP contribution in [0.25, 0.3) is 0 Å². The number of rotatable bonds is 4. The summed E-state index contributed by atoms with van der Waals surface area (Å²) in [5, 5.41) is 3.26.